The molecule has 6 nitrogen and oxygen atoms in total. The molecule has 0 N–H and O–H groups in total. The van der Waals surface area contributed by atoms with E-state index in [2.05, 4.69) is 45.1 Å². The van der Waals surface area contributed by atoms with E-state index in [9.17, 15) is 14.4 Å². The second-order valence-corrected chi connectivity index (χ2v) is 20.3. The second kappa shape index (κ2) is 56.5. The number of hydrogen-bond donors (Lipinski definition) is 0. The fourth-order valence-corrected chi connectivity index (χ4v) is 8.91. The van der Waals surface area contributed by atoms with Crippen molar-refractivity contribution in [2.45, 2.75) is 335 Å². The van der Waals surface area contributed by atoms with Gasteiger partial charge in [-0.3, -0.25) is 14.4 Å². The highest BCUT2D eigenvalue weighted by molar-refractivity contribution is 5.71. The maximum Gasteiger partial charge on any atom is 0.306 e. The van der Waals surface area contributed by atoms with Crippen molar-refractivity contribution >= 4 is 17.9 Å². The van der Waals surface area contributed by atoms with Crippen LogP contribution in [0.4, 0.5) is 0 Å². The van der Waals surface area contributed by atoms with Crippen LogP contribution in [0.1, 0.15) is 329 Å². The normalized spacial score (nSPS) is 12.1. The highest BCUT2D eigenvalue weighted by atomic mass is 16.6. The monoisotopic (exact) mass is 943 g/mol. The van der Waals surface area contributed by atoms with Gasteiger partial charge < -0.3 is 14.2 Å². The van der Waals surface area contributed by atoms with E-state index in [1.807, 2.05) is 0 Å². The van der Waals surface area contributed by atoms with Gasteiger partial charge in [0.1, 0.15) is 13.2 Å². The van der Waals surface area contributed by atoms with Crippen molar-refractivity contribution in [2.24, 2.45) is 0 Å². The molecule has 0 fully saturated rings. The lowest BCUT2D eigenvalue weighted by atomic mass is 10.0. The molecule has 0 rings (SSSR count). The van der Waals surface area contributed by atoms with Crippen LogP contribution in [0.15, 0.2) is 24.3 Å². The lowest BCUT2D eigenvalue weighted by Crippen LogP contribution is -2.30. The number of unbranched alkanes of at least 4 members (excludes halogenated alkanes) is 40. The van der Waals surface area contributed by atoms with Crippen LogP contribution >= 0.6 is 0 Å². The minimum absolute atomic E-state index is 0.0717. The molecule has 0 aromatic rings. The first-order valence-corrected chi connectivity index (χ1v) is 29.8. The van der Waals surface area contributed by atoms with Gasteiger partial charge in [-0.25, -0.2) is 0 Å². The molecule has 1 atom stereocenters. The van der Waals surface area contributed by atoms with E-state index < -0.39 is 6.10 Å². The molecule has 0 saturated heterocycles. The first-order chi connectivity index (χ1) is 33.0. The molecule has 0 aliphatic heterocycles. The minimum atomic E-state index is -0.772. The summed E-state index contributed by atoms with van der Waals surface area (Å²) in [5.74, 6) is -0.862. The summed E-state index contributed by atoms with van der Waals surface area (Å²) in [6.07, 6.45) is 65.9. The number of rotatable bonds is 55. The Hall–Kier alpha value is -2.11. The second-order valence-electron chi connectivity index (χ2n) is 20.3. The molecule has 394 valence electrons. The molecule has 0 heterocycles. The lowest BCUT2D eigenvalue weighted by Gasteiger charge is -2.18. The van der Waals surface area contributed by atoms with Crippen molar-refractivity contribution in [3.8, 4) is 0 Å². The summed E-state index contributed by atoms with van der Waals surface area (Å²) in [6, 6.07) is 0. The van der Waals surface area contributed by atoms with E-state index in [-0.39, 0.29) is 31.1 Å². The minimum Gasteiger partial charge on any atom is -0.462 e. The van der Waals surface area contributed by atoms with E-state index in [0.717, 1.165) is 64.2 Å². The Kier molecular flexibility index (Phi) is 54.7. The average Bonchev–Trinajstić information content (AvgIpc) is 3.33. The zero-order valence-electron chi connectivity index (χ0n) is 45.2. The molecule has 0 aromatic carbocycles. The first kappa shape index (κ1) is 64.9. The maximum atomic E-state index is 12.9. The summed E-state index contributed by atoms with van der Waals surface area (Å²) < 4.78 is 16.9. The molecular weight excluding hydrogens is 829 g/mol. The van der Waals surface area contributed by atoms with Crippen molar-refractivity contribution < 1.29 is 28.6 Å². The number of carbonyl (C=O) groups excluding carboxylic acids is 3. The Balaban J connectivity index is 4.34. The van der Waals surface area contributed by atoms with Crippen LogP contribution in [0.25, 0.3) is 0 Å². The fraction of sp³-hybridized carbons (Fsp3) is 0.885. The van der Waals surface area contributed by atoms with Crippen LogP contribution < -0.4 is 0 Å². The SMILES string of the molecule is CCCCCCCC/C=C\CCCCCCCC(=O)OCC(COC(=O)CCCCCCCCC/C=C\CCCCCCCCC)OC(=O)CCCCCCCCCCCCCCCCCC. The number of allylic oxidation sites excluding steroid dienone is 4. The maximum absolute atomic E-state index is 12.9. The molecule has 0 aliphatic carbocycles. The number of ether oxygens (including phenoxy) is 3. The summed E-state index contributed by atoms with van der Waals surface area (Å²) in [5, 5.41) is 0. The molecule has 0 aliphatic rings. The van der Waals surface area contributed by atoms with Gasteiger partial charge in [-0.05, 0) is 70.6 Å². The number of carbonyl (C=O) groups is 3. The quantitative estimate of drug-likeness (QED) is 0.0262. The van der Waals surface area contributed by atoms with Crippen LogP contribution in [0.3, 0.4) is 0 Å². The molecule has 0 spiro atoms. The molecule has 6 heteroatoms. The summed E-state index contributed by atoms with van der Waals surface area (Å²) in [4.78, 5) is 38.2. The zero-order chi connectivity index (χ0) is 48.6. The van der Waals surface area contributed by atoms with Crippen molar-refractivity contribution in [3.63, 3.8) is 0 Å². The standard InChI is InChI=1S/C61H114O6/c1-4-7-10-13-16-19-22-25-28-30-31-34-36-39-42-45-48-51-54-60(63)66-57-58(56-65-59(62)53-50-47-44-41-38-35-32-27-24-21-18-15-12-9-6-3)67-61(64)55-52-49-46-43-40-37-33-29-26-23-20-17-14-11-8-5-2/h27-28,30,32,58H,4-26,29,31,33-57H2,1-3H3/b30-28-,32-27-. The third kappa shape index (κ3) is 54.7. The Bertz CT molecular complexity index is 1080. The predicted octanol–water partition coefficient (Wildman–Crippen LogP) is 19.9. The fourth-order valence-electron chi connectivity index (χ4n) is 8.91. The van der Waals surface area contributed by atoms with Gasteiger partial charge in [0.15, 0.2) is 6.10 Å². The smallest absolute Gasteiger partial charge is 0.306 e. The molecule has 0 amide bonds. The molecule has 0 saturated carbocycles. The zero-order valence-corrected chi connectivity index (χ0v) is 45.2. The predicted molar refractivity (Wildman–Crippen MR) is 289 cm³/mol. The Morgan fingerprint density at radius 3 is 0.746 bits per heavy atom. The van der Waals surface area contributed by atoms with Crippen molar-refractivity contribution in [3.05, 3.63) is 24.3 Å². The van der Waals surface area contributed by atoms with Crippen molar-refractivity contribution in [2.75, 3.05) is 13.2 Å². The van der Waals surface area contributed by atoms with E-state index in [0.29, 0.717) is 19.3 Å². The largest absolute Gasteiger partial charge is 0.462 e. The van der Waals surface area contributed by atoms with Crippen LogP contribution in [0, 0.1) is 0 Å². The molecule has 0 aromatic heterocycles. The Labute approximate surface area is 417 Å². The summed E-state index contributed by atoms with van der Waals surface area (Å²) in [5.41, 5.74) is 0. The van der Waals surface area contributed by atoms with Gasteiger partial charge in [0, 0.05) is 19.3 Å². The van der Waals surface area contributed by atoms with Crippen LogP contribution in [0.5, 0.6) is 0 Å². The number of hydrogen-bond acceptors (Lipinski definition) is 6. The first-order valence-electron chi connectivity index (χ1n) is 29.8. The van der Waals surface area contributed by atoms with Crippen molar-refractivity contribution in [1.29, 1.82) is 0 Å². The summed E-state index contributed by atoms with van der Waals surface area (Å²) in [6.45, 7) is 6.67. The van der Waals surface area contributed by atoms with Crippen molar-refractivity contribution in [1.82, 2.24) is 0 Å². The number of esters is 3. The molecule has 0 bridgehead atoms. The third-order valence-corrected chi connectivity index (χ3v) is 13.4. The van der Waals surface area contributed by atoms with Gasteiger partial charge in [-0.2, -0.15) is 0 Å². The van der Waals surface area contributed by atoms with Crippen LogP contribution in [-0.4, -0.2) is 37.2 Å². The van der Waals surface area contributed by atoms with Gasteiger partial charge in [-0.1, -0.05) is 263 Å². The van der Waals surface area contributed by atoms with Gasteiger partial charge in [0.2, 0.25) is 0 Å². The van der Waals surface area contributed by atoms with E-state index in [1.54, 1.807) is 0 Å². The van der Waals surface area contributed by atoms with Crippen LogP contribution in [-0.2, 0) is 28.6 Å². The molecule has 1 unspecified atom stereocenters. The van der Waals surface area contributed by atoms with Gasteiger partial charge >= 0.3 is 17.9 Å². The van der Waals surface area contributed by atoms with E-state index >= 15 is 0 Å². The average molecular weight is 944 g/mol. The third-order valence-electron chi connectivity index (χ3n) is 13.4. The topological polar surface area (TPSA) is 78.9 Å². The molecule has 67 heavy (non-hydrogen) atoms. The molecular formula is C61H114O6. The van der Waals surface area contributed by atoms with Crippen LogP contribution in [0.2, 0.25) is 0 Å². The Morgan fingerprint density at radius 2 is 0.493 bits per heavy atom. The summed E-state index contributed by atoms with van der Waals surface area (Å²) >= 11 is 0. The Morgan fingerprint density at radius 1 is 0.284 bits per heavy atom. The van der Waals surface area contributed by atoms with E-state index in [4.69, 9.17) is 14.2 Å². The highest BCUT2D eigenvalue weighted by Gasteiger charge is 2.19. The van der Waals surface area contributed by atoms with Gasteiger partial charge in [0.25, 0.3) is 0 Å². The lowest BCUT2D eigenvalue weighted by molar-refractivity contribution is -0.167. The van der Waals surface area contributed by atoms with Gasteiger partial charge in [0.05, 0.1) is 0 Å². The van der Waals surface area contributed by atoms with E-state index in [1.165, 1.54) is 225 Å². The molecule has 0 radical (unpaired) electrons. The van der Waals surface area contributed by atoms with Gasteiger partial charge in [-0.15, -0.1) is 0 Å². The summed E-state index contributed by atoms with van der Waals surface area (Å²) in [7, 11) is 0. The highest BCUT2D eigenvalue weighted by Crippen LogP contribution is 2.17.